The number of anilines is 1. The van der Waals surface area contributed by atoms with Crippen LogP contribution in [0.25, 0.3) is 10.8 Å². The Bertz CT molecular complexity index is 696. The van der Waals surface area contributed by atoms with Crippen LogP contribution < -0.4 is 5.32 Å². The van der Waals surface area contributed by atoms with E-state index in [9.17, 15) is 0 Å². The predicted molar refractivity (Wildman–Crippen MR) is 92.4 cm³/mol. The van der Waals surface area contributed by atoms with E-state index in [-0.39, 0.29) is 0 Å². The molecule has 3 rings (SSSR count). The van der Waals surface area contributed by atoms with Gasteiger partial charge in [-0.3, -0.25) is 0 Å². The van der Waals surface area contributed by atoms with Gasteiger partial charge in [0.25, 0.3) is 0 Å². The molecule has 1 aliphatic carbocycles. The molecule has 0 amide bonds. The van der Waals surface area contributed by atoms with Crippen molar-refractivity contribution in [3.05, 3.63) is 66.4 Å². The molecular formula is C20H23N. The summed E-state index contributed by atoms with van der Waals surface area (Å²) >= 11 is 0. The molecule has 2 aromatic carbocycles. The lowest BCUT2D eigenvalue weighted by molar-refractivity contribution is 0.293. The Balaban J connectivity index is 1.82. The van der Waals surface area contributed by atoms with Gasteiger partial charge in [-0.05, 0) is 35.3 Å². The van der Waals surface area contributed by atoms with Crippen molar-refractivity contribution in [3.63, 3.8) is 0 Å². The first kappa shape index (κ1) is 13.9. The molecule has 2 aromatic rings. The maximum atomic E-state index is 3.57. The molecule has 1 nitrogen and oxygen atoms in total. The maximum absolute atomic E-state index is 3.57. The fourth-order valence-corrected chi connectivity index (χ4v) is 2.85. The molecule has 0 aromatic heterocycles. The van der Waals surface area contributed by atoms with Crippen molar-refractivity contribution in [2.24, 2.45) is 11.3 Å². The van der Waals surface area contributed by atoms with Gasteiger partial charge in [0.2, 0.25) is 0 Å². The van der Waals surface area contributed by atoms with E-state index < -0.39 is 0 Å². The Kier molecular flexibility index (Phi) is 3.59. The Hall–Kier alpha value is -2.02. The van der Waals surface area contributed by atoms with Gasteiger partial charge in [0, 0.05) is 16.8 Å². The van der Waals surface area contributed by atoms with Crippen molar-refractivity contribution in [3.8, 4) is 0 Å². The summed E-state index contributed by atoms with van der Waals surface area (Å²) in [6, 6.07) is 14.9. The number of rotatable bonds is 2. The average molecular weight is 277 g/mol. The molecule has 0 saturated carbocycles. The minimum absolute atomic E-state index is 0.331. The standard InChI is InChI=1S/C20H23N/c1-20(2,3)16-11-13-17(14-12-16)21-19-10-6-8-15-7-4-5-9-18(15)19/h4-11,13-14,16,21H,12H2,1-3H3. The van der Waals surface area contributed by atoms with Crippen LogP contribution in [0.4, 0.5) is 5.69 Å². The van der Waals surface area contributed by atoms with Gasteiger partial charge in [-0.2, -0.15) is 0 Å². The molecule has 0 bridgehead atoms. The van der Waals surface area contributed by atoms with E-state index in [1.54, 1.807) is 0 Å². The zero-order valence-corrected chi connectivity index (χ0v) is 13.1. The van der Waals surface area contributed by atoms with Gasteiger partial charge in [0.15, 0.2) is 0 Å². The summed E-state index contributed by atoms with van der Waals surface area (Å²) in [5, 5.41) is 6.11. The number of allylic oxidation sites excluding steroid dienone is 3. The highest BCUT2D eigenvalue weighted by Gasteiger charge is 2.22. The van der Waals surface area contributed by atoms with Crippen LogP contribution in [0.3, 0.4) is 0 Å². The third kappa shape index (κ3) is 3.02. The average Bonchev–Trinajstić information content (AvgIpc) is 2.47. The molecule has 0 radical (unpaired) electrons. The van der Waals surface area contributed by atoms with Crippen LogP contribution in [0.5, 0.6) is 0 Å². The predicted octanol–water partition coefficient (Wildman–Crippen LogP) is 5.76. The number of hydrogen-bond donors (Lipinski definition) is 1. The van der Waals surface area contributed by atoms with Gasteiger partial charge < -0.3 is 5.32 Å². The summed E-state index contributed by atoms with van der Waals surface area (Å²) in [5.74, 6) is 0.621. The first-order valence-corrected chi connectivity index (χ1v) is 7.67. The van der Waals surface area contributed by atoms with Gasteiger partial charge in [0.1, 0.15) is 0 Å². The maximum Gasteiger partial charge on any atom is 0.0463 e. The number of fused-ring (bicyclic) bond motifs is 1. The van der Waals surface area contributed by atoms with Gasteiger partial charge in [-0.1, -0.05) is 69.3 Å². The van der Waals surface area contributed by atoms with E-state index in [1.165, 1.54) is 22.2 Å². The summed E-state index contributed by atoms with van der Waals surface area (Å²) < 4.78 is 0. The Labute approximate surface area is 127 Å². The highest BCUT2D eigenvalue weighted by Crippen LogP contribution is 2.34. The molecule has 1 unspecified atom stereocenters. The largest absolute Gasteiger partial charge is 0.355 e. The Morgan fingerprint density at radius 2 is 1.76 bits per heavy atom. The Morgan fingerprint density at radius 3 is 2.48 bits per heavy atom. The molecule has 1 aliphatic rings. The fourth-order valence-electron chi connectivity index (χ4n) is 2.85. The molecule has 1 atom stereocenters. The van der Waals surface area contributed by atoms with Crippen molar-refractivity contribution in [1.82, 2.24) is 0 Å². The zero-order chi connectivity index (χ0) is 14.9. The minimum atomic E-state index is 0.331. The van der Waals surface area contributed by atoms with Crippen LogP contribution in [0.2, 0.25) is 0 Å². The van der Waals surface area contributed by atoms with Crippen molar-refractivity contribution >= 4 is 16.5 Å². The molecular weight excluding hydrogens is 254 g/mol. The van der Waals surface area contributed by atoms with Crippen molar-refractivity contribution in [2.45, 2.75) is 27.2 Å². The lowest BCUT2D eigenvalue weighted by atomic mass is 9.77. The lowest BCUT2D eigenvalue weighted by Crippen LogP contribution is -2.20. The fraction of sp³-hybridized carbons (Fsp3) is 0.300. The minimum Gasteiger partial charge on any atom is -0.355 e. The van der Waals surface area contributed by atoms with E-state index in [4.69, 9.17) is 0 Å². The molecule has 21 heavy (non-hydrogen) atoms. The number of nitrogens with one attached hydrogen (secondary N) is 1. The molecule has 108 valence electrons. The van der Waals surface area contributed by atoms with E-state index in [0.29, 0.717) is 11.3 Å². The third-order valence-corrected chi connectivity index (χ3v) is 4.28. The quantitative estimate of drug-likeness (QED) is 0.736. The van der Waals surface area contributed by atoms with E-state index in [0.717, 1.165) is 6.42 Å². The molecule has 0 aliphatic heterocycles. The van der Waals surface area contributed by atoms with Crippen LogP contribution in [0, 0.1) is 11.3 Å². The highest BCUT2D eigenvalue weighted by molar-refractivity contribution is 5.94. The van der Waals surface area contributed by atoms with Crippen molar-refractivity contribution in [1.29, 1.82) is 0 Å². The van der Waals surface area contributed by atoms with Crippen LogP contribution >= 0.6 is 0 Å². The smallest absolute Gasteiger partial charge is 0.0463 e. The van der Waals surface area contributed by atoms with E-state index >= 15 is 0 Å². The Morgan fingerprint density at radius 1 is 1.00 bits per heavy atom. The normalized spacial score (nSPS) is 18.6. The summed E-state index contributed by atoms with van der Waals surface area (Å²) in [7, 11) is 0. The topological polar surface area (TPSA) is 12.0 Å². The van der Waals surface area contributed by atoms with Crippen LogP contribution in [0.15, 0.2) is 66.4 Å². The monoisotopic (exact) mass is 277 g/mol. The summed E-state index contributed by atoms with van der Waals surface area (Å²) in [6.45, 7) is 6.91. The SMILES string of the molecule is CC(C)(C)C1C=CC(Nc2cccc3ccccc23)=CC1. The van der Waals surface area contributed by atoms with Crippen LogP contribution in [-0.4, -0.2) is 0 Å². The van der Waals surface area contributed by atoms with Gasteiger partial charge in [-0.25, -0.2) is 0 Å². The highest BCUT2D eigenvalue weighted by atomic mass is 14.9. The lowest BCUT2D eigenvalue weighted by Gasteiger charge is -2.29. The second kappa shape index (κ2) is 5.40. The third-order valence-electron chi connectivity index (χ3n) is 4.28. The summed E-state index contributed by atoms with van der Waals surface area (Å²) in [5.41, 5.74) is 2.71. The first-order valence-electron chi connectivity index (χ1n) is 7.67. The van der Waals surface area contributed by atoms with Crippen LogP contribution in [-0.2, 0) is 0 Å². The molecule has 0 spiro atoms. The molecule has 0 heterocycles. The van der Waals surface area contributed by atoms with Crippen molar-refractivity contribution in [2.75, 3.05) is 5.32 Å². The second-order valence-corrected chi connectivity index (χ2v) is 6.88. The number of benzene rings is 2. The zero-order valence-electron chi connectivity index (χ0n) is 13.1. The van der Waals surface area contributed by atoms with Gasteiger partial charge in [-0.15, -0.1) is 0 Å². The van der Waals surface area contributed by atoms with E-state index in [1.807, 2.05) is 0 Å². The first-order chi connectivity index (χ1) is 10.0. The molecule has 0 fully saturated rings. The summed E-state index contributed by atoms with van der Waals surface area (Å²) in [6.07, 6.45) is 7.99. The summed E-state index contributed by atoms with van der Waals surface area (Å²) in [4.78, 5) is 0. The molecule has 0 saturated heterocycles. The van der Waals surface area contributed by atoms with Gasteiger partial charge in [0.05, 0.1) is 0 Å². The van der Waals surface area contributed by atoms with E-state index in [2.05, 4.69) is 86.8 Å². The second-order valence-electron chi connectivity index (χ2n) is 6.88. The number of hydrogen-bond acceptors (Lipinski definition) is 1. The molecule has 1 heteroatoms. The van der Waals surface area contributed by atoms with Crippen LogP contribution in [0.1, 0.15) is 27.2 Å². The van der Waals surface area contributed by atoms with Crippen molar-refractivity contribution < 1.29 is 0 Å². The molecule has 1 N–H and O–H groups in total. The van der Waals surface area contributed by atoms with Gasteiger partial charge >= 0.3 is 0 Å².